The summed E-state index contributed by atoms with van der Waals surface area (Å²) in [6.07, 6.45) is -3.58. The van der Waals surface area contributed by atoms with Gasteiger partial charge in [0.15, 0.2) is 0 Å². The summed E-state index contributed by atoms with van der Waals surface area (Å²) in [6.45, 7) is -1.03. The molecule has 19 nitrogen and oxygen atoms in total. The van der Waals surface area contributed by atoms with Crippen LogP contribution in [-0.4, -0.2) is 59.1 Å². The van der Waals surface area contributed by atoms with E-state index in [4.69, 9.17) is 30.7 Å². The van der Waals surface area contributed by atoms with E-state index in [9.17, 15) is 28.5 Å². The van der Waals surface area contributed by atoms with Crippen molar-refractivity contribution in [1.29, 1.82) is 0 Å². The minimum atomic E-state index is -5.74. The van der Waals surface area contributed by atoms with Crippen LogP contribution in [-0.2, 0) is 31.6 Å². The first-order valence-electron chi connectivity index (χ1n) is 7.65. The Labute approximate surface area is 171 Å². The zero-order valence-corrected chi connectivity index (χ0v) is 17.5. The van der Waals surface area contributed by atoms with Crippen LogP contribution in [0.25, 0.3) is 10.4 Å². The summed E-state index contributed by atoms with van der Waals surface area (Å²) in [5.74, 6) is -0.135. The third-order valence-corrected chi connectivity index (χ3v) is 7.27. The summed E-state index contributed by atoms with van der Waals surface area (Å²) in [4.78, 5) is 53.4. The fourth-order valence-electron chi connectivity index (χ4n) is 2.37. The van der Waals surface area contributed by atoms with Gasteiger partial charge in [0, 0.05) is 11.1 Å². The topological polar surface area (TPSA) is 299 Å². The fraction of sp³-hybridized carbons (Fsp3) is 0.556. The fourth-order valence-corrected chi connectivity index (χ4v) is 5.40. The lowest BCUT2D eigenvalue weighted by Gasteiger charge is -2.19. The number of rotatable bonds is 9. The molecule has 0 aromatic carbocycles. The Kier molecular flexibility index (Phi) is 7.79. The van der Waals surface area contributed by atoms with E-state index in [0.717, 1.165) is 10.8 Å². The molecule has 0 amide bonds. The average molecular weight is 508 g/mol. The minimum absolute atomic E-state index is 0.135. The summed E-state index contributed by atoms with van der Waals surface area (Å²) in [5.41, 5.74) is 13.1. The van der Waals surface area contributed by atoms with E-state index in [0.29, 0.717) is 0 Å². The molecule has 2 unspecified atom stereocenters. The number of hydrogen-bond acceptors (Lipinski definition) is 12. The van der Waals surface area contributed by atoms with Crippen LogP contribution < -0.4 is 11.4 Å². The Bertz CT molecular complexity index is 1070. The Hall–Kier alpha value is -1.68. The lowest BCUT2D eigenvalue weighted by Crippen LogP contribution is -2.35. The van der Waals surface area contributed by atoms with Crippen molar-refractivity contribution in [2.24, 2.45) is 5.11 Å². The van der Waals surface area contributed by atoms with Crippen LogP contribution in [0.1, 0.15) is 6.23 Å². The largest absolute Gasteiger partial charge is 0.490 e. The van der Waals surface area contributed by atoms with E-state index in [1.54, 1.807) is 0 Å². The van der Waals surface area contributed by atoms with Gasteiger partial charge in [0.25, 0.3) is 0 Å². The highest BCUT2D eigenvalue weighted by Crippen LogP contribution is 2.66. The molecule has 2 rings (SSSR count). The molecule has 22 heteroatoms. The molecule has 174 valence electrons. The molecule has 0 saturated carbocycles. The van der Waals surface area contributed by atoms with Gasteiger partial charge in [-0.3, -0.25) is 9.09 Å². The summed E-state index contributed by atoms with van der Waals surface area (Å²) in [7, 11) is -16.8. The van der Waals surface area contributed by atoms with Crippen molar-refractivity contribution < 1.29 is 56.3 Å². The minimum Gasteiger partial charge on any atom is -0.390 e. The van der Waals surface area contributed by atoms with Crippen LogP contribution in [0.15, 0.2) is 22.2 Å². The number of nitrogens with two attached hydrogens (primary N) is 1. The maximum Gasteiger partial charge on any atom is 0.490 e. The molecule has 0 radical (unpaired) electrons. The lowest BCUT2D eigenvalue weighted by molar-refractivity contribution is -0.0455. The van der Waals surface area contributed by atoms with E-state index in [1.165, 1.54) is 6.07 Å². The van der Waals surface area contributed by atoms with Crippen LogP contribution in [0.3, 0.4) is 0 Å². The number of aliphatic hydroxyl groups excluding tert-OH is 1. The Morgan fingerprint density at radius 3 is 2.45 bits per heavy atom. The van der Waals surface area contributed by atoms with E-state index in [2.05, 4.69) is 28.2 Å². The van der Waals surface area contributed by atoms with Gasteiger partial charge in [-0.1, -0.05) is 5.11 Å². The number of hydrogen-bond donors (Lipinski definition) is 6. The second kappa shape index (κ2) is 9.44. The summed E-state index contributed by atoms with van der Waals surface area (Å²) in [5, 5.41) is 13.6. The second-order valence-corrected chi connectivity index (χ2v) is 10.1. The van der Waals surface area contributed by atoms with Gasteiger partial charge in [-0.15, -0.1) is 0 Å². The number of ether oxygens (including phenoxy) is 1. The number of nitrogens with zero attached hydrogens (tertiary/aromatic N) is 5. The Morgan fingerprint density at radius 2 is 1.90 bits per heavy atom. The number of aliphatic hydroxyl groups is 1. The lowest BCUT2D eigenvalue weighted by atomic mass is 10.1. The molecule has 0 bridgehead atoms. The summed E-state index contributed by atoms with van der Waals surface area (Å²) >= 11 is 0. The summed E-state index contributed by atoms with van der Waals surface area (Å²) < 4.78 is 51.3. The standard InChI is InChI=1S/C9H15N6O13P3/c10-5-1-2-15(9(17)12-5)8-6(13-14-11)7(16)4(26-8)3-25-30(21,22)28-31(23,24)27-29(18,19)20/h1-2,4,6-8,16H,3H2,(H,21,22)(H,23,24)(H2,10,12,17)(H2,18,19,20)/t4-,6+,7-,8-/m1/s1. The monoisotopic (exact) mass is 508 g/mol. The molecule has 1 aliphatic rings. The number of aromatic nitrogens is 2. The highest BCUT2D eigenvalue weighted by atomic mass is 31.3. The van der Waals surface area contributed by atoms with Crippen molar-refractivity contribution in [2.45, 2.75) is 24.5 Å². The molecular weight excluding hydrogens is 493 g/mol. The van der Waals surface area contributed by atoms with E-state index in [-0.39, 0.29) is 5.82 Å². The Morgan fingerprint density at radius 1 is 1.26 bits per heavy atom. The number of phosphoric acid groups is 3. The molecule has 1 aromatic heterocycles. The van der Waals surface area contributed by atoms with Crippen LogP contribution >= 0.6 is 23.5 Å². The first kappa shape index (κ1) is 25.6. The normalized spacial score (nSPS) is 27.8. The second-order valence-electron chi connectivity index (χ2n) is 5.68. The van der Waals surface area contributed by atoms with Gasteiger partial charge < -0.3 is 35.2 Å². The molecule has 7 N–H and O–H groups in total. The highest BCUT2D eigenvalue weighted by molar-refractivity contribution is 7.66. The van der Waals surface area contributed by atoms with E-state index in [1.807, 2.05) is 0 Å². The third kappa shape index (κ3) is 7.17. The van der Waals surface area contributed by atoms with Crippen molar-refractivity contribution in [3.8, 4) is 0 Å². The molecule has 1 aliphatic heterocycles. The number of phosphoric ester groups is 1. The third-order valence-electron chi connectivity index (χ3n) is 3.47. The van der Waals surface area contributed by atoms with Crippen molar-refractivity contribution in [1.82, 2.24) is 9.55 Å². The molecule has 0 spiro atoms. The van der Waals surface area contributed by atoms with Crippen molar-refractivity contribution in [3.63, 3.8) is 0 Å². The maximum absolute atomic E-state index is 12.0. The van der Waals surface area contributed by atoms with Gasteiger partial charge in [-0.05, 0) is 11.6 Å². The molecule has 2 heterocycles. The molecule has 1 saturated heterocycles. The van der Waals surface area contributed by atoms with Gasteiger partial charge in [-0.25, -0.2) is 18.5 Å². The zero-order valence-electron chi connectivity index (χ0n) is 14.8. The van der Waals surface area contributed by atoms with Gasteiger partial charge in [0.2, 0.25) is 0 Å². The molecular formula is C9H15N6O13P3. The van der Waals surface area contributed by atoms with Gasteiger partial charge >= 0.3 is 29.2 Å². The van der Waals surface area contributed by atoms with Crippen molar-refractivity contribution >= 4 is 29.3 Å². The zero-order chi connectivity index (χ0) is 23.6. The first-order chi connectivity index (χ1) is 14.1. The van der Waals surface area contributed by atoms with Gasteiger partial charge in [0.1, 0.15) is 24.2 Å². The smallest absolute Gasteiger partial charge is 0.390 e. The van der Waals surface area contributed by atoms with Crippen LogP contribution in [0, 0.1) is 0 Å². The predicted molar refractivity (Wildman–Crippen MR) is 95.6 cm³/mol. The maximum atomic E-state index is 12.0. The van der Waals surface area contributed by atoms with Crippen LogP contribution in [0.4, 0.5) is 5.82 Å². The summed E-state index contributed by atoms with van der Waals surface area (Å²) in [6, 6.07) is -0.244. The molecule has 1 fully saturated rings. The highest BCUT2D eigenvalue weighted by Gasteiger charge is 2.47. The van der Waals surface area contributed by atoms with Crippen molar-refractivity contribution in [2.75, 3.05) is 12.3 Å². The predicted octanol–water partition coefficient (Wildman–Crippen LogP) is -0.894. The molecule has 31 heavy (non-hydrogen) atoms. The molecule has 1 aromatic rings. The number of anilines is 1. The SMILES string of the molecule is [N-]=[N+]=N[C@H]1[C@H](O)[C@@H](COP(=O)(O)OP(=O)(O)OP(=O)(O)O)O[C@H]1n1ccc(N)nc1=O. The van der Waals surface area contributed by atoms with Gasteiger partial charge in [-0.2, -0.15) is 13.6 Å². The number of azide groups is 1. The van der Waals surface area contributed by atoms with E-state index >= 15 is 0 Å². The first-order valence-corrected chi connectivity index (χ1v) is 12.2. The molecule has 6 atom stereocenters. The molecule has 0 aliphatic carbocycles. The van der Waals surface area contributed by atoms with Crippen LogP contribution in [0.5, 0.6) is 0 Å². The number of nitrogen functional groups attached to an aromatic ring is 1. The van der Waals surface area contributed by atoms with Gasteiger partial charge in [0.05, 0.1) is 12.7 Å². The quantitative estimate of drug-likeness (QED) is 0.102. The van der Waals surface area contributed by atoms with E-state index < -0.39 is 60.2 Å². The Balaban J connectivity index is 2.15. The van der Waals surface area contributed by atoms with Crippen LogP contribution in [0.2, 0.25) is 0 Å². The van der Waals surface area contributed by atoms with Crippen molar-refractivity contribution in [3.05, 3.63) is 33.2 Å². The average Bonchev–Trinajstić information content (AvgIpc) is 2.86.